The number of fused-ring (bicyclic) bond motifs is 1. The summed E-state index contributed by atoms with van der Waals surface area (Å²) in [5.74, 6) is 1.42. The first-order chi connectivity index (χ1) is 19.8. The maximum Gasteiger partial charge on any atom is 0.453 e. The number of hydrogen-bond donors (Lipinski definition) is 0. The van der Waals surface area contributed by atoms with Gasteiger partial charge in [0.05, 0.1) is 6.61 Å². The molecule has 3 aliphatic heterocycles. The molecule has 0 spiro atoms. The Morgan fingerprint density at radius 1 is 0.976 bits per heavy atom. The molecule has 1 aromatic heterocycles. The molecular formula is C29H40F3N7O2. The van der Waals surface area contributed by atoms with Crippen molar-refractivity contribution in [3.05, 3.63) is 41.5 Å². The smallest absolute Gasteiger partial charge is 0.453 e. The Labute approximate surface area is 239 Å². The minimum Gasteiger partial charge on any atom is -0.494 e. The zero-order chi connectivity index (χ0) is 28.8. The first kappa shape index (κ1) is 29.3. The van der Waals surface area contributed by atoms with Crippen molar-refractivity contribution in [3.63, 3.8) is 0 Å². The number of benzene rings is 1. The van der Waals surface area contributed by atoms with Crippen LogP contribution in [-0.4, -0.2) is 93.7 Å². The van der Waals surface area contributed by atoms with E-state index in [-0.39, 0.29) is 11.7 Å². The van der Waals surface area contributed by atoms with Crippen molar-refractivity contribution in [2.45, 2.75) is 70.4 Å². The van der Waals surface area contributed by atoms with Crippen molar-refractivity contribution < 1.29 is 22.7 Å². The molecule has 12 heteroatoms. The number of aromatic nitrogens is 3. The van der Waals surface area contributed by atoms with Gasteiger partial charge in [0.1, 0.15) is 11.6 Å². The van der Waals surface area contributed by atoms with Crippen LogP contribution in [0.5, 0.6) is 5.75 Å². The van der Waals surface area contributed by atoms with Gasteiger partial charge >= 0.3 is 6.18 Å². The molecule has 2 aromatic rings. The predicted molar refractivity (Wildman–Crippen MR) is 149 cm³/mol. The lowest BCUT2D eigenvalue weighted by atomic mass is 9.89. The van der Waals surface area contributed by atoms with Crippen LogP contribution < -0.4 is 4.74 Å². The molecule has 1 aromatic carbocycles. The lowest BCUT2D eigenvalue weighted by Gasteiger charge is -2.35. The van der Waals surface area contributed by atoms with Gasteiger partial charge in [0.15, 0.2) is 5.82 Å². The predicted octanol–water partition coefficient (Wildman–Crippen LogP) is 4.39. The van der Waals surface area contributed by atoms with E-state index in [4.69, 9.17) is 4.74 Å². The summed E-state index contributed by atoms with van der Waals surface area (Å²) in [6, 6.07) is 8.31. The number of alkyl halides is 3. The molecule has 5 rings (SSSR count). The Hall–Kier alpha value is -3.15. The highest BCUT2D eigenvalue weighted by molar-refractivity contribution is 5.83. The van der Waals surface area contributed by atoms with Crippen molar-refractivity contribution in [2.24, 2.45) is 5.10 Å². The number of halogens is 3. The van der Waals surface area contributed by atoms with E-state index in [2.05, 4.69) is 44.2 Å². The molecule has 4 heterocycles. The summed E-state index contributed by atoms with van der Waals surface area (Å²) in [7, 11) is 0. The molecule has 41 heavy (non-hydrogen) atoms. The molecule has 224 valence electrons. The molecule has 0 unspecified atom stereocenters. The molecule has 2 saturated heterocycles. The molecular weight excluding hydrogens is 535 g/mol. The Kier molecular flexibility index (Phi) is 9.46. The van der Waals surface area contributed by atoms with Crippen LogP contribution in [0.3, 0.4) is 0 Å². The molecule has 2 fully saturated rings. The number of hydrogen-bond acceptors (Lipinski definition) is 7. The summed E-state index contributed by atoms with van der Waals surface area (Å²) in [6.07, 6.45) is 1.85. The van der Waals surface area contributed by atoms with E-state index in [0.717, 1.165) is 88.3 Å². The summed E-state index contributed by atoms with van der Waals surface area (Å²) < 4.78 is 46.6. The normalized spacial score (nSPS) is 18.8. The van der Waals surface area contributed by atoms with Gasteiger partial charge in [-0.25, -0.2) is 0 Å². The molecule has 0 atom stereocenters. The van der Waals surface area contributed by atoms with Gasteiger partial charge < -0.3 is 14.5 Å². The van der Waals surface area contributed by atoms with Gasteiger partial charge in [0.2, 0.25) is 5.91 Å². The third-order valence-corrected chi connectivity index (χ3v) is 8.31. The summed E-state index contributed by atoms with van der Waals surface area (Å²) in [5, 5.41) is 11.2. The van der Waals surface area contributed by atoms with Crippen LogP contribution in [0.25, 0.3) is 0 Å². The van der Waals surface area contributed by atoms with E-state index < -0.39 is 12.0 Å². The average molecular weight is 576 g/mol. The summed E-state index contributed by atoms with van der Waals surface area (Å²) in [5.41, 5.74) is 1.26. The third kappa shape index (κ3) is 7.38. The number of unbranched alkanes of at least 4 members (excludes halogenated alkanes) is 1. The van der Waals surface area contributed by atoms with Crippen LogP contribution in [0.2, 0.25) is 0 Å². The van der Waals surface area contributed by atoms with Gasteiger partial charge in [0, 0.05) is 65.1 Å². The topological polar surface area (TPSA) is 79.1 Å². The number of amides is 1. The van der Waals surface area contributed by atoms with E-state index in [1.807, 2.05) is 17.0 Å². The van der Waals surface area contributed by atoms with Gasteiger partial charge in [-0.1, -0.05) is 25.5 Å². The summed E-state index contributed by atoms with van der Waals surface area (Å²) in [6.45, 7) is 8.72. The summed E-state index contributed by atoms with van der Waals surface area (Å²) in [4.78, 5) is 18.7. The number of aryl methyl sites for hydroxylation is 1. The minimum atomic E-state index is -4.58. The van der Waals surface area contributed by atoms with Gasteiger partial charge in [0.25, 0.3) is 5.82 Å². The first-order valence-electron chi connectivity index (χ1n) is 14.9. The Bertz CT molecular complexity index is 1180. The maximum atomic E-state index is 13.2. The number of carbonyl (C=O) groups is 1. The van der Waals surface area contributed by atoms with Crippen LogP contribution in [-0.2, 0) is 17.4 Å². The second-order valence-electron chi connectivity index (χ2n) is 11.1. The SMILES string of the molecule is CCCCC(=O)N1CCN(CCCOc2ccc(C3CCN(C4=Nn5c(nnc5C(F)(F)F)CC4)CC3)cc2)CC1. The van der Waals surface area contributed by atoms with E-state index in [1.165, 1.54) is 5.56 Å². The van der Waals surface area contributed by atoms with Crippen molar-refractivity contribution in [1.82, 2.24) is 29.6 Å². The number of piperidine rings is 1. The fourth-order valence-electron chi connectivity index (χ4n) is 5.85. The summed E-state index contributed by atoms with van der Waals surface area (Å²) >= 11 is 0. The van der Waals surface area contributed by atoms with Crippen LogP contribution in [0.15, 0.2) is 29.4 Å². The zero-order valence-electron chi connectivity index (χ0n) is 23.8. The van der Waals surface area contributed by atoms with E-state index in [9.17, 15) is 18.0 Å². The monoisotopic (exact) mass is 575 g/mol. The number of nitrogens with zero attached hydrogens (tertiary/aromatic N) is 7. The van der Waals surface area contributed by atoms with E-state index in [1.54, 1.807) is 0 Å². The maximum absolute atomic E-state index is 13.2. The number of carbonyl (C=O) groups excluding carboxylic acids is 1. The molecule has 9 nitrogen and oxygen atoms in total. The number of likely N-dealkylation sites (tertiary alicyclic amines) is 1. The molecule has 0 N–H and O–H groups in total. The minimum absolute atomic E-state index is 0.256. The largest absolute Gasteiger partial charge is 0.494 e. The second kappa shape index (κ2) is 13.2. The number of ether oxygens (including phenoxy) is 1. The van der Waals surface area contributed by atoms with Crippen molar-refractivity contribution >= 4 is 11.7 Å². The molecule has 1 amide bonds. The highest BCUT2D eigenvalue weighted by Crippen LogP contribution is 2.32. The second-order valence-corrected chi connectivity index (χ2v) is 11.1. The standard InChI is InChI=1S/C29H40F3N7O2/c1-2-3-5-27(40)38-19-17-36(18-20-38)14-4-21-41-24-8-6-22(7-9-24)23-12-15-37(16-13-23)26-11-10-25-33-34-28(29(30,31)32)39(25)35-26/h6-9,23H,2-5,10-21H2,1H3. The van der Waals surface area contributed by atoms with Crippen LogP contribution in [0, 0.1) is 0 Å². The Morgan fingerprint density at radius 2 is 1.71 bits per heavy atom. The molecule has 0 bridgehead atoms. The fraction of sp³-hybridized carbons (Fsp3) is 0.655. The van der Waals surface area contributed by atoms with Crippen molar-refractivity contribution in [3.8, 4) is 5.75 Å². The number of rotatable bonds is 9. The highest BCUT2D eigenvalue weighted by atomic mass is 19.4. The van der Waals surface area contributed by atoms with E-state index >= 15 is 0 Å². The van der Waals surface area contributed by atoms with Gasteiger partial charge in [-0.2, -0.15) is 22.9 Å². The quantitative estimate of drug-likeness (QED) is 0.413. The van der Waals surface area contributed by atoms with Gasteiger partial charge in [-0.05, 0) is 49.3 Å². The van der Waals surface area contributed by atoms with Crippen LogP contribution in [0.4, 0.5) is 13.2 Å². The Morgan fingerprint density at radius 3 is 2.39 bits per heavy atom. The van der Waals surface area contributed by atoms with Gasteiger partial charge in [-0.15, -0.1) is 10.2 Å². The average Bonchev–Trinajstić information content (AvgIpc) is 3.43. The van der Waals surface area contributed by atoms with Crippen molar-refractivity contribution in [2.75, 3.05) is 52.4 Å². The van der Waals surface area contributed by atoms with Crippen molar-refractivity contribution in [1.29, 1.82) is 0 Å². The lowest BCUT2D eigenvalue weighted by Crippen LogP contribution is -2.48. The fourth-order valence-corrected chi connectivity index (χ4v) is 5.85. The highest BCUT2D eigenvalue weighted by Gasteiger charge is 2.40. The molecule has 0 radical (unpaired) electrons. The molecule has 3 aliphatic rings. The van der Waals surface area contributed by atoms with E-state index in [0.29, 0.717) is 37.6 Å². The zero-order valence-corrected chi connectivity index (χ0v) is 23.8. The molecule has 0 aliphatic carbocycles. The number of amidine groups is 1. The van der Waals surface area contributed by atoms with Crippen LogP contribution in [0.1, 0.15) is 75.0 Å². The van der Waals surface area contributed by atoms with Gasteiger partial charge in [-0.3, -0.25) is 9.69 Å². The first-order valence-corrected chi connectivity index (χ1v) is 14.9. The van der Waals surface area contributed by atoms with Crippen LogP contribution >= 0.6 is 0 Å². The number of piperazine rings is 1. The molecule has 0 saturated carbocycles. The Balaban J connectivity index is 1.02. The third-order valence-electron chi connectivity index (χ3n) is 8.31. The lowest BCUT2D eigenvalue weighted by molar-refractivity contribution is -0.147.